The van der Waals surface area contributed by atoms with Crippen molar-refractivity contribution < 1.29 is 13.2 Å². The lowest BCUT2D eigenvalue weighted by Crippen LogP contribution is -2.34. The third-order valence-electron chi connectivity index (χ3n) is 5.27. The molecule has 0 bridgehead atoms. The summed E-state index contributed by atoms with van der Waals surface area (Å²) in [4.78, 5) is 6.83. The minimum absolute atomic E-state index is 0.423. The summed E-state index contributed by atoms with van der Waals surface area (Å²) in [6, 6.07) is 17.3. The summed E-state index contributed by atoms with van der Waals surface area (Å²) < 4.78 is 36.9. The maximum atomic E-state index is 12.8. The third kappa shape index (κ3) is 5.73. The Labute approximate surface area is 193 Å². The minimum atomic E-state index is -3.47. The second kappa shape index (κ2) is 10.2. The van der Waals surface area contributed by atoms with Crippen LogP contribution in [0.15, 0.2) is 60.0 Å². The zero-order valence-electron chi connectivity index (χ0n) is 17.9. The lowest BCUT2D eigenvalue weighted by Gasteiger charge is -2.19. The molecule has 9 heteroatoms. The van der Waals surface area contributed by atoms with Crippen LogP contribution in [0, 0.1) is 0 Å². The van der Waals surface area contributed by atoms with Gasteiger partial charge in [-0.3, -0.25) is 0 Å². The molecule has 1 aliphatic rings. The number of rotatable bonds is 7. The Hall–Kier alpha value is -2.75. The lowest BCUT2D eigenvalue weighted by molar-refractivity contribution is 0.414. The average molecular weight is 471 g/mol. The van der Waals surface area contributed by atoms with Crippen molar-refractivity contribution in [2.24, 2.45) is 0 Å². The lowest BCUT2D eigenvalue weighted by atomic mass is 10.1. The smallest absolute Gasteiger partial charge is 0.236 e. The highest BCUT2D eigenvalue weighted by molar-refractivity contribution is 7.92. The Balaban J connectivity index is 1.38. The molecular formula is C23H26N4O3S2. The van der Waals surface area contributed by atoms with E-state index >= 15 is 0 Å². The van der Waals surface area contributed by atoms with E-state index in [0.717, 1.165) is 40.8 Å². The Morgan fingerprint density at radius 3 is 2.72 bits per heavy atom. The first-order chi connectivity index (χ1) is 15.5. The van der Waals surface area contributed by atoms with E-state index in [-0.39, 0.29) is 0 Å². The molecule has 7 nitrogen and oxygen atoms in total. The van der Waals surface area contributed by atoms with Gasteiger partial charge in [0.15, 0.2) is 0 Å². The van der Waals surface area contributed by atoms with Gasteiger partial charge < -0.3 is 9.64 Å². The fourth-order valence-electron chi connectivity index (χ4n) is 3.56. The van der Waals surface area contributed by atoms with Crippen LogP contribution in [-0.2, 0) is 16.4 Å². The number of ether oxygens (including phenoxy) is 1. The molecule has 0 unspecified atom stereocenters. The SMILES string of the molecule is COc1cccc(Cc2nsc(N3CCCN(S(=O)(=O)/C=C/c4ccccc4)CC3)n2)c1. The third-order valence-corrected chi connectivity index (χ3v) is 7.65. The van der Waals surface area contributed by atoms with E-state index in [4.69, 9.17) is 9.72 Å². The maximum Gasteiger partial charge on any atom is 0.236 e. The Morgan fingerprint density at radius 1 is 1.06 bits per heavy atom. The van der Waals surface area contributed by atoms with Crippen molar-refractivity contribution in [3.63, 3.8) is 0 Å². The Kier molecular flexibility index (Phi) is 7.19. The summed E-state index contributed by atoms with van der Waals surface area (Å²) >= 11 is 1.36. The number of sulfonamides is 1. The van der Waals surface area contributed by atoms with Crippen LogP contribution in [0.1, 0.15) is 23.4 Å². The zero-order valence-corrected chi connectivity index (χ0v) is 19.6. The first-order valence-electron chi connectivity index (χ1n) is 10.5. The monoisotopic (exact) mass is 470 g/mol. The molecule has 32 heavy (non-hydrogen) atoms. The molecule has 0 spiro atoms. The summed E-state index contributed by atoms with van der Waals surface area (Å²) in [6.45, 7) is 2.26. The van der Waals surface area contributed by atoms with Crippen LogP contribution >= 0.6 is 11.5 Å². The summed E-state index contributed by atoms with van der Waals surface area (Å²) in [5.74, 6) is 1.57. The maximum absolute atomic E-state index is 12.8. The quantitative estimate of drug-likeness (QED) is 0.525. The number of benzene rings is 2. The molecule has 1 saturated heterocycles. The first-order valence-corrected chi connectivity index (χ1v) is 12.7. The van der Waals surface area contributed by atoms with E-state index in [1.54, 1.807) is 17.5 Å². The van der Waals surface area contributed by atoms with Gasteiger partial charge in [-0.2, -0.15) is 8.68 Å². The molecule has 2 heterocycles. The summed E-state index contributed by atoms with van der Waals surface area (Å²) in [5.41, 5.74) is 1.96. The van der Waals surface area contributed by atoms with E-state index in [2.05, 4.69) is 9.27 Å². The van der Waals surface area contributed by atoms with Crippen molar-refractivity contribution in [2.75, 3.05) is 38.2 Å². The number of aromatic nitrogens is 2. The highest BCUT2D eigenvalue weighted by Gasteiger charge is 2.24. The van der Waals surface area contributed by atoms with E-state index < -0.39 is 10.0 Å². The van der Waals surface area contributed by atoms with E-state index in [0.29, 0.717) is 26.1 Å². The number of methoxy groups -OCH3 is 1. The van der Waals surface area contributed by atoms with Crippen molar-refractivity contribution >= 4 is 32.8 Å². The van der Waals surface area contributed by atoms with Crippen molar-refractivity contribution in [3.05, 3.63) is 77.0 Å². The summed E-state index contributed by atoms with van der Waals surface area (Å²) in [7, 11) is -1.82. The van der Waals surface area contributed by atoms with Crippen LogP contribution in [0.5, 0.6) is 5.75 Å². The molecule has 1 aromatic heterocycles. The molecule has 2 aromatic carbocycles. The van der Waals surface area contributed by atoms with Gasteiger partial charge in [-0.05, 0) is 35.8 Å². The van der Waals surface area contributed by atoms with Gasteiger partial charge in [0.2, 0.25) is 15.2 Å². The van der Waals surface area contributed by atoms with Crippen LogP contribution < -0.4 is 9.64 Å². The predicted octanol–water partition coefficient (Wildman–Crippen LogP) is 3.65. The Morgan fingerprint density at radius 2 is 1.91 bits per heavy atom. The van der Waals surface area contributed by atoms with Crippen molar-refractivity contribution in [1.82, 2.24) is 13.7 Å². The molecule has 0 radical (unpaired) electrons. The van der Waals surface area contributed by atoms with Gasteiger partial charge in [-0.1, -0.05) is 42.5 Å². The van der Waals surface area contributed by atoms with Gasteiger partial charge in [0.1, 0.15) is 11.6 Å². The summed E-state index contributed by atoms with van der Waals surface area (Å²) in [6.07, 6.45) is 3.02. The molecule has 0 atom stereocenters. The standard InChI is InChI=1S/C23H26N4O3S2/c1-30-21-10-5-9-20(17-21)18-22-24-23(31-25-22)26-12-6-13-27(15-14-26)32(28,29)16-11-19-7-3-2-4-8-19/h2-5,7-11,16-17H,6,12-15,18H2,1H3/b16-11+. The molecule has 0 N–H and O–H groups in total. The zero-order chi connectivity index (χ0) is 22.4. The summed E-state index contributed by atoms with van der Waals surface area (Å²) in [5, 5.41) is 2.14. The minimum Gasteiger partial charge on any atom is -0.497 e. The molecule has 3 aromatic rings. The fraction of sp³-hybridized carbons (Fsp3) is 0.304. The highest BCUT2D eigenvalue weighted by atomic mass is 32.2. The van der Waals surface area contributed by atoms with Gasteiger partial charge in [-0.15, -0.1) is 0 Å². The molecule has 0 saturated carbocycles. The number of nitrogens with zero attached hydrogens (tertiary/aromatic N) is 4. The molecule has 168 valence electrons. The Bertz CT molecular complexity index is 1160. The second-order valence-corrected chi connectivity index (χ2v) is 10.1. The van der Waals surface area contributed by atoms with Crippen LogP contribution in [0.4, 0.5) is 5.13 Å². The average Bonchev–Trinajstić information content (AvgIpc) is 3.12. The van der Waals surface area contributed by atoms with E-state index in [9.17, 15) is 8.42 Å². The van der Waals surface area contributed by atoms with Crippen LogP contribution in [0.2, 0.25) is 0 Å². The fourth-order valence-corrected chi connectivity index (χ4v) is 5.52. The van der Waals surface area contributed by atoms with E-state index in [1.807, 2.05) is 54.6 Å². The van der Waals surface area contributed by atoms with Crippen molar-refractivity contribution in [2.45, 2.75) is 12.8 Å². The largest absolute Gasteiger partial charge is 0.497 e. The molecule has 1 aliphatic heterocycles. The van der Waals surface area contributed by atoms with Gasteiger partial charge in [0.25, 0.3) is 0 Å². The second-order valence-electron chi connectivity index (χ2n) is 7.52. The number of anilines is 1. The van der Waals surface area contributed by atoms with E-state index in [1.165, 1.54) is 16.9 Å². The molecule has 4 rings (SSSR count). The van der Waals surface area contributed by atoms with Gasteiger partial charge in [-0.25, -0.2) is 13.4 Å². The van der Waals surface area contributed by atoms with Crippen LogP contribution in [0.25, 0.3) is 6.08 Å². The number of hydrogen-bond acceptors (Lipinski definition) is 7. The molecule has 0 amide bonds. The van der Waals surface area contributed by atoms with Gasteiger partial charge in [0.05, 0.1) is 7.11 Å². The predicted molar refractivity (Wildman–Crippen MR) is 129 cm³/mol. The first kappa shape index (κ1) is 22.4. The normalized spacial score (nSPS) is 15.7. The highest BCUT2D eigenvalue weighted by Crippen LogP contribution is 2.22. The number of hydrogen-bond donors (Lipinski definition) is 0. The topological polar surface area (TPSA) is 75.6 Å². The van der Waals surface area contributed by atoms with Gasteiger partial charge in [0, 0.05) is 49.5 Å². The molecule has 1 fully saturated rings. The molecular weight excluding hydrogens is 444 g/mol. The van der Waals surface area contributed by atoms with Crippen molar-refractivity contribution in [3.8, 4) is 5.75 Å². The van der Waals surface area contributed by atoms with Crippen molar-refractivity contribution in [1.29, 1.82) is 0 Å². The van der Waals surface area contributed by atoms with Gasteiger partial charge >= 0.3 is 0 Å². The van der Waals surface area contributed by atoms with Crippen LogP contribution in [0.3, 0.4) is 0 Å². The molecule has 0 aliphatic carbocycles. The van der Waals surface area contributed by atoms with Crippen LogP contribution in [-0.4, -0.2) is 55.4 Å².